The predicted octanol–water partition coefficient (Wildman–Crippen LogP) is 4.00. The van der Waals surface area contributed by atoms with Crippen LogP contribution in [-0.4, -0.2) is 5.78 Å². The van der Waals surface area contributed by atoms with Crippen LogP contribution in [0.25, 0.3) is 0 Å². The highest BCUT2D eigenvalue weighted by Crippen LogP contribution is 2.34. The molecule has 1 heteroatoms. The molecule has 1 aliphatic rings. The molecule has 2 unspecified atom stereocenters. The van der Waals surface area contributed by atoms with E-state index in [1.807, 2.05) is 31.2 Å². The molecule has 1 aromatic rings. The summed E-state index contributed by atoms with van der Waals surface area (Å²) in [5.41, 5.74) is 2.08. The highest BCUT2D eigenvalue weighted by molar-refractivity contribution is 5.98. The van der Waals surface area contributed by atoms with Gasteiger partial charge in [0.05, 0.1) is 0 Å². The Kier molecular flexibility index (Phi) is 3.42. The van der Waals surface area contributed by atoms with E-state index >= 15 is 0 Å². The number of carbonyl (C=O) groups excluding carboxylic acids is 1. The van der Waals surface area contributed by atoms with E-state index in [4.69, 9.17) is 0 Å². The SMILES string of the molecule is CCC1CCC(C(=O)c2cccc(C)c2)C1. The minimum absolute atomic E-state index is 0.284. The van der Waals surface area contributed by atoms with Gasteiger partial charge in [-0.05, 0) is 38.2 Å². The van der Waals surface area contributed by atoms with Gasteiger partial charge in [0.25, 0.3) is 0 Å². The predicted molar refractivity (Wildman–Crippen MR) is 66.6 cm³/mol. The Morgan fingerprint density at radius 2 is 2.19 bits per heavy atom. The average Bonchev–Trinajstić information content (AvgIpc) is 2.76. The Hall–Kier alpha value is -1.11. The van der Waals surface area contributed by atoms with Gasteiger partial charge < -0.3 is 0 Å². The quantitative estimate of drug-likeness (QED) is 0.698. The first-order valence-corrected chi connectivity index (χ1v) is 6.31. The normalized spacial score (nSPS) is 24.6. The van der Waals surface area contributed by atoms with Gasteiger partial charge in [-0.3, -0.25) is 4.79 Å². The number of Topliss-reactive ketones (excluding diaryl/α,β-unsaturated/α-hetero) is 1. The van der Waals surface area contributed by atoms with Gasteiger partial charge in [0.15, 0.2) is 5.78 Å². The number of rotatable bonds is 3. The first-order chi connectivity index (χ1) is 7.70. The van der Waals surface area contributed by atoms with Gasteiger partial charge in [-0.1, -0.05) is 37.1 Å². The zero-order valence-electron chi connectivity index (χ0n) is 10.2. The number of aryl methyl sites for hydroxylation is 1. The molecule has 1 aromatic carbocycles. The molecule has 0 amide bonds. The van der Waals surface area contributed by atoms with E-state index in [2.05, 4.69) is 6.92 Å². The van der Waals surface area contributed by atoms with E-state index in [0.29, 0.717) is 5.78 Å². The number of benzene rings is 1. The van der Waals surface area contributed by atoms with E-state index in [1.54, 1.807) is 0 Å². The van der Waals surface area contributed by atoms with Crippen molar-refractivity contribution in [3.05, 3.63) is 35.4 Å². The Bertz CT molecular complexity index is 381. The first-order valence-electron chi connectivity index (χ1n) is 6.31. The van der Waals surface area contributed by atoms with Crippen LogP contribution >= 0.6 is 0 Å². The largest absolute Gasteiger partial charge is 0.294 e. The lowest BCUT2D eigenvalue weighted by atomic mass is 9.94. The van der Waals surface area contributed by atoms with Crippen LogP contribution in [-0.2, 0) is 0 Å². The summed E-state index contributed by atoms with van der Waals surface area (Å²) < 4.78 is 0. The van der Waals surface area contributed by atoms with Crippen molar-refractivity contribution in [2.45, 2.75) is 39.5 Å². The summed E-state index contributed by atoms with van der Waals surface area (Å²) in [4.78, 5) is 12.3. The number of carbonyl (C=O) groups is 1. The van der Waals surface area contributed by atoms with Crippen molar-refractivity contribution >= 4 is 5.78 Å². The molecule has 0 bridgehead atoms. The monoisotopic (exact) mass is 216 g/mol. The van der Waals surface area contributed by atoms with Crippen LogP contribution in [0.15, 0.2) is 24.3 Å². The molecule has 0 aromatic heterocycles. The van der Waals surface area contributed by atoms with Gasteiger partial charge in [-0.25, -0.2) is 0 Å². The van der Waals surface area contributed by atoms with Crippen LogP contribution in [0.5, 0.6) is 0 Å². The van der Waals surface area contributed by atoms with Gasteiger partial charge in [-0.2, -0.15) is 0 Å². The molecular formula is C15H20O. The van der Waals surface area contributed by atoms with Crippen molar-refractivity contribution in [2.75, 3.05) is 0 Å². The maximum absolute atomic E-state index is 12.3. The molecule has 0 radical (unpaired) electrons. The molecule has 2 atom stereocenters. The van der Waals surface area contributed by atoms with Crippen LogP contribution in [0.1, 0.15) is 48.5 Å². The minimum Gasteiger partial charge on any atom is -0.294 e. The number of hydrogen-bond acceptors (Lipinski definition) is 1. The third kappa shape index (κ3) is 2.34. The van der Waals surface area contributed by atoms with E-state index in [0.717, 1.165) is 24.3 Å². The van der Waals surface area contributed by atoms with Crippen LogP contribution in [0.2, 0.25) is 0 Å². The van der Waals surface area contributed by atoms with E-state index in [1.165, 1.54) is 18.4 Å². The lowest BCUT2D eigenvalue weighted by Gasteiger charge is -2.09. The van der Waals surface area contributed by atoms with Crippen molar-refractivity contribution in [3.8, 4) is 0 Å². The number of hydrogen-bond donors (Lipinski definition) is 0. The maximum Gasteiger partial charge on any atom is 0.165 e. The summed E-state index contributed by atoms with van der Waals surface area (Å²) >= 11 is 0. The maximum atomic E-state index is 12.3. The molecule has 0 saturated heterocycles. The van der Waals surface area contributed by atoms with Crippen molar-refractivity contribution in [2.24, 2.45) is 11.8 Å². The fraction of sp³-hybridized carbons (Fsp3) is 0.533. The Labute approximate surface area is 97.9 Å². The first kappa shape index (κ1) is 11.4. The van der Waals surface area contributed by atoms with Gasteiger partial charge in [0, 0.05) is 11.5 Å². The molecule has 1 nitrogen and oxygen atoms in total. The standard InChI is InChI=1S/C15H20O/c1-3-12-7-8-14(10-12)15(16)13-6-4-5-11(2)9-13/h4-6,9,12,14H,3,7-8,10H2,1-2H3. The van der Waals surface area contributed by atoms with Crippen LogP contribution in [0.4, 0.5) is 0 Å². The minimum atomic E-state index is 0.284. The fourth-order valence-electron chi connectivity index (χ4n) is 2.72. The average molecular weight is 216 g/mol. The summed E-state index contributed by atoms with van der Waals surface area (Å²) in [5.74, 6) is 1.42. The zero-order chi connectivity index (χ0) is 11.5. The van der Waals surface area contributed by atoms with Gasteiger partial charge in [-0.15, -0.1) is 0 Å². The van der Waals surface area contributed by atoms with Crippen LogP contribution in [0, 0.1) is 18.8 Å². The van der Waals surface area contributed by atoms with Gasteiger partial charge >= 0.3 is 0 Å². The van der Waals surface area contributed by atoms with Crippen molar-refractivity contribution < 1.29 is 4.79 Å². The van der Waals surface area contributed by atoms with E-state index < -0.39 is 0 Å². The summed E-state index contributed by atoms with van der Waals surface area (Å²) in [6, 6.07) is 7.99. The third-order valence-electron chi connectivity index (χ3n) is 3.79. The highest BCUT2D eigenvalue weighted by atomic mass is 16.1. The molecule has 2 rings (SSSR count). The topological polar surface area (TPSA) is 17.1 Å². The third-order valence-corrected chi connectivity index (χ3v) is 3.79. The second-order valence-corrected chi connectivity index (χ2v) is 5.02. The van der Waals surface area contributed by atoms with Gasteiger partial charge in [0.1, 0.15) is 0 Å². The zero-order valence-corrected chi connectivity index (χ0v) is 10.2. The van der Waals surface area contributed by atoms with Crippen molar-refractivity contribution in [3.63, 3.8) is 0 Å². The summed E-state index contributed by atoms with van der Waals surface area (Å²) in [7, 11) is 0. The Morgan fingerprint density at radius 3 is 2.81 bits per heavy atom. The highest BCUT2D eigenvalue weighted by Gasteiger charge is 2.29. The lowest BCUT2D eigenvalue weighted by molar-refractivity contribution is 0.0920. The smallest absolute Gasteiger partial charge is 0.165 e. The molecule has 0 aliphatic heterocycles. The van der Waals surface area contributed by atoms with Crippen LogP contribution in [0.3, 0.4) is 0 Å². The van der Waals surface area contributed by atoms with E-state index in [-0.39, 0.29) is 5.92 Å². The molecule has 86 valence electrons. The van der Waals surface area contributed by atoms with E-state index in [9.17, 15) is 4.79 Å². The fourth-order valence-corrected chi connectivity index (χ4v) is 2.72. The summed E-state index contributed by atoms with van der Waals surface area (Å²) in [5, 5.41) is 0. The second kappa shape index (κ2) is 4.82. The molecule has 1 fully saturated rings. The summed E-state index contributed by atoms with van der Waals surface area (Å²) in [6.45, 7) is 4.27. The summed E-state index contributed by atoms with van der Waals surface area (Å²) in [6.07, 6.45) is 4.64. The molecule has 1 saturated carbocycles. The Morgan fingerprint density at radius 1 is 1.38 bits per heavy atom. The molecule has 0 spiro atoms. The lowest BCUT2D eigenvalue weighted by Crippen LogP contribution is -2.11. The second-order valence-electron chi connectivity index (χ2n) is 5.02. The molecule has 0 N–H and O–H groups in total. The van der Waals surface area contributed by atoms with Crippen molar-refractivity contribution in [1.82, 2.24) is 0 Å². The molecular weight excluding hydrogens is 196 g/mol. The Balaban J connectivity index is 2.08. The van der Waals surface area contributed by atoms with Gasteiger partial charge in [0.2, 0.25) is 0 Å². The molecule has 1 aliphatic carbocycles. The number of ketones is 1. The van der Waals surface area contributed by atoms with Crippen molar-refractivity contribution in [1.29, 1.82) is 0 Å². The molecule has 0 heterocycles. The molecule has 16 heavy (non-hydrogen) atoms. The van der Waals surface area contributed by atoms with Crippen LogP contribution < -0.4 is 0 Å².